The second-order valence-corrected chi connectivity index (χ2v) is 3.58. The van der Waals surface area contributed by atoms with Crippen molar-refractivity contribution in [3.05, 3.63) is 45.8 Å². The maximum absolute atomic E-state index is 13.3. The van der Waals surface area contributed by atoms with E-state index in [1.807, 2.05) is 0 Å². The first-order chi connectivity index (χ1) is 7.16. The van der Waals surface area contributed by atoms with E-state index in [9.17, 15) is 4.39 Å². The third kappa shape index (κ3) is 2.27. The van der Waals surface area contributed by atoms with Crippen LogP contribution in [-0.2, 0) is 6.42 Å². The number of hydrogen-bond donors (Lipinski definition) is 0. The van der Waals surface area contributed by atoms with Crippen molar-refractivity contribution in [3.8, 4) is 0 Å². The molecule has 0 saturated carbocycles. The van der Waals surface area contributed by atoms with Crippen molar-refractivity contribution in [2.24, 2.45) is 0 Å². The maximum Gasteiger partial charge on any atom is 0.263 e. The molecule has 0 N–H and O–H groups in total. The van der Waals surface area contributed by atoms with E-state index in [1.165, 1.54) is 12.1 Å². The molecule has 6 heteroatoms. The Morgan fingerprint density at radius 2 is 2.13 bits per heavy atom. The standard InChI is InChI=1S/C9H5Cl2FN2O/c10-6-2-1-3-7(12)5(6)4-8-13-9(11)14-15-8/h1-3H,4H2. The molecule has 0 aliphatic rings. The summed E-state index contributed by atoms with van der Waals surface area (Å²) >= 11 is 11.3. The van der Waals surface area contributed by atoms with E-state index in [0.29, 0.717) is 10.6 Å². The summed E-state index contributed by atoms with van der Waals surface area (Å²) in [5, 5.41) is 3.71. The van der Waals surface area contributed by atoms with Crippen molar-refractivity contribution in [1.29, 1.82) is 0 Å². The first kappa shape index (κ1) is 10.4. The molecule has 0 radical (unpaired) electrons. The molecule has 0 aliphatic carbocycles. The van der Waals surface area contributed by atoms with Crippen LogP contribution in [0.5, 0.6) is 0 Å². The average molecular weight is 247 g/mol. The molecule has 15 heavy (non-hydrogen) atoms. The highest BCUT2D eigenvalue weighted by molar-refractivity contribution is 6.31. The predicted molar refractivity (Wildman–Crippen MR) is 53.5 cm³/mol. The zero-order valence-corrected chi connectivity index (χ0v) is 8.89. The molecule has 1 aromatic carbocycles. The molecule has 78 valence electrons. The van der Waals surface area contributed by atoms with E-state index in [0.717, 1.165) is 0 Å². The molecule has 0 unspecified atom stereocenters. The van der Waals surface area contributed by atoms with Gasteiger partial charge in [-0.2, -0.15) is 4.98 Å². The number of aromatic nitrogens is 2. The van der Waals surface area contributed by atoms with E-state index >= 15 is 0 Å². The highest BCUT2D eigenvalue weighted by Gasteiger charge is 2.12. The van der Waals surface area contributed by atoms with Crippen LogP contribution in [0.3, 0.4) is 0 Å². The van der Waals surface area contributed by atoms with Gasteiger partial charge in [0.15, 0.2) is 0 Å². The molecule has 0 saturated heterocycles. The van der Waals surface area contributed by atoms with Crippen LogP contribution in [0.4, 0.5) is 4.39 Å². The lowest BCUT2D eigenvalue weighted by Crippen LogP contribution is -1.93. The fourth-order valence-electron chi connectivity index (χ4n) is 1.16. The van der Waals surface area contributed by atoms with Gasteiger partial charge in [-0.25, -0.2) is 4.39 Å². The summed E-state index contributed by atoms with van der Waals surface area (Å²) in [4.78, 5) is 3.75. The summed E-state index contributed by atoms with van der Waals surface area (Å²) in [5.41, 5.74) is 0.319. The molecular weight excluding hydrogens is 242 g/mol. The van der Waals surface area contributed by atoms with Crippen LogP contribution >= 0.6 is 23.2 Å². The Balaban J connectivity index is 2.31. The lowest BCUT2D eigenvalue weighted by molar-refractivity contribution is 0.383. The largest absolute Gasteiger partial charge is 0.338 e. The van der Waals surface area contributed by atoms with Crippen LogP contribution in [0.1, 0.15) is 11.5 Å². The Hall–Kier alpha value is -1.13. The fourth-order valence-corrected chi connectivity index (χ4v) is 1.52. The van der Waals surface area contributed by atoms with Gasteiger partial charge < -0.3 is 4.52 Å². The molecule has 1 heterocycles. The normalized spacial score (nSPS) is 10.6. The summed E-state index contributed by atoms with van der Waals surface area (Å²) in [6.07, 6.45) is 0.130. The molecule has 0 spiro atoms. The number of nitrogens with zero attached hydrogens (tertiary/aromatic N) is 2. The molecule has 2 aromatic rings. The van der Waals surface area contributed by atoms with Gasteiger partial charge in [-0.1, -0.05) is 17.7 Å². The topological polar surface area (TPSA) is 38.9 Å². The summed E-state index contributed by atoms with van der Waals surface area (Å²) < 4.78 is 18.1. The lowest BCUT2D eigenvalue weighted by Gasteiger charge is -2.01. The summed E-state index contributed by atoms with van der Waals surface area (Å²) in [6, 6.07) is 4.44. The van der Waals surface area contributed by atoms with Crippen LogP contribution < -0.4 is 0 Å². The van der Waals surface area contributed by atoms with Gasteiger partial charge >= 0.3 is 0 Å². The zero-order chi connectivity index (χ0) is 10.8. The number of hydrogen-bond acceptors (Lipinski definition) is 3. The minimum atomic E-state index is -0.406. The molecule has 0 aliphatic heterocycles. The molecule has 3 nitrogen and oxygen atoms in total. The van der Waals surface area contributed by atoms with Gasteiger partial charge in [0.05, 0.1) is 6.42 Å². The molecule has 0 fully saturated rings. The molecule has 2 rings (SSSR count). The molecule has 0 bridgehead atoms. The second kappa shape index (κ2) is 4.16. The monoisotopic (exact) mass is 246 g/mol. The number of halogens is 3. The zero-order valence-electron chi connectivity index (χ0n) is 7.38. The number of rotatable bonds is 2. The van der Waals surface area contributed by atoms with E-state index in [1.54, 1.807) is 6.07 Å². The Labute approximate surface area is 94.8 Å². The van der Waals surface area contributed by atoms with Gasteiger partial charge in [-0.3, -0.25) is 0 Å². The summed E-state index contributed by atoms with van der Waals surface area (Å²) in [6.45, 7) is 0. The molecule has 1 aromatic heterocycles. The maximum atomic E-state index is 13.3. The minimum Gasteiger partial charge on any atom is -0.338 e. The van der Waals surface area contributed by atoms with Gasteiger partial charge in [0.25, 0.3) is 5.28 Å². The first-order valence-electron chi connectivity index (χ1n) is 4.08. The minimum absolute atomic E-state index is 0.00235. The SMILES string of the molecule is Fc1cccc(Cl)c1Cc1nc(Cl)no1. The van der Waals surface area contributed by atoms with E-state index in [-0.39, 0.29) is 17.6 Å². The van der Waals surface area contributed by atoms with Crippen LogP contribution in [0.2, 0.25) is 10.3 Å². The van der Waals surface area contributed by atoms with Crippen molar-refractivity contribution in [2.75, 3.05) is 0 Å². The van der Waals surface area contributed by atoms with Crippen molar-refractivity contribution >= 4 is 23.2 Å². The summed E-state index contributed by atoms with van der Waals surface area (Å²) in [5.74, 6) is -0.177. The van der Waals surface area contributed by atoms with Crippen molar-refractivity contribution in [3.63, 3.8) is 0 Å². The second-order valence-electron chi connectivity index (χ2n) is 2.83. The van der Waals surface area contributed by atoms with Gasteiger partial charge in [0.1, 0.15) is 5.82 Å². The Morgan fingerprint density at radius 1 is 1.33 bits per heavy atom. The molecule has 0 amide bonds. The third-order valence-corrected chi connectivity index (χ3v) is 2.34. The first-order valence-corrected chi connectivity index (χ1v) is 4.83. The van der Waals surface area contributed by atoms with Crippen LogP contribution in [-0.4, -0.2) is 10.1 Å². The lowest BCUT2D eigenvalue weighted by atomic mass is 10.1. The highest BCUT2D eigenvalue weighted by atomic mass is 35.5. The van der Waals surface area contributed by atoms with E-state index < -0.39 is 5.82 Å². The van der Waals surface area contributed by atoms with E-state index in [4.69, 9.17) is 27.7 Å². The van der Waals surface area contributed by atoms with E-state index in [2.05, 4.69) is 10.1 Å². The van der Waals surface area contributed by atoms with Crippen LogP contribution in [0, 0.1) is 5.82 Å². The van der Waals surface area contributed by atoms with Crippen molar-refractivity contribution < 1.29 is 8.91 Å². The average Bonchev–Trinajstić information content (AvgIpc) is 2.58. The molecule has 0 atom stereocenters. The summed E-state index contributed by atoms with van der Waals surface area (Å²) in [7, 11) is 0. The highest BCUT2D eigenvalue weighted by Crippen LogP contribution is 2.21. The van der Waals surface area contributed by atoms with Crippen LogP contribution in [0.25, 0.3) is 0 Å². The Kier molecular flexibility index (Phi) is 2.88. The quantitative estimate of drug-likeness (QED) is 0.818. The van der Waals surface area contributed by atoms with Gasteiger partial charge in [-0.15, -0.1) is 0 Å². The van der Waals surface area contributed by atoms with Gasteiger partial charge in [-0.05, 0) is 28.9 Å². The van der Waals surface area contributed by atoms with Crippen LogP contribution in [0.15, 0.2) is 22.7 Å². The number of benzene rings is 1. The Morgan fingerprint density at radius 3 is 2.73 bits per heavy atom. The predicted octanol–water partition coefficient (Wildman–Crippen LogP) is 3.11. The third-order valence-electron chi connectivity index (χ3n) is 1.83. The fraction of sp³-hybridized carbons (Fsp3) is 0.111. The van der Waals surface area contributed by atoms with Gasteiger partial charge in [0.2, 0.25) is 5.89 Å². The smallest absolute Gasteiger partial charge is 0.263 e. The van der Waals surface area contributed by atoms with Crippen molar-refractivity contribution in [2.45, 2.75) is 6.42 Å². The van der Waals surface area contributed by atoms with Crippen molar-refractivity contribution in [1.82, 2.24) is 10.1 Å². The molecular formula is C9H5Cl2FN2O. The Bertz CT molecular complexity index is 466. The van der Waals surface area contributed by atoms with Gasteiger partial charge in [0, 0.05) is 10.6 Å².